The Hall–Kier alpha value is -0.340. The van der Waals surface area contributed by atoms with Gasteiger partial charge in [-0.1, -0.05) is 26.0 Å². The normalized spacial score (nSPS) is 47.1. The first-order valence-electron chi connectivity index (χ1n) is 6.89. The average molecular weight is 238 g/mol. The maximum Gasteiger partial charge on any atom is 0.0770 e. The van der Waals surface area contributed by atoms with Gasteiger partial charge in [0.05, 0.1) is 11.2 Å². The van der Waals surface area contributed by atoms with E-state index in [4.69, 9.17) is 0 Å². The van der Waals surface area contributed by atoms with Crippen LogP contribution in [0.5, 0.6) is 0 Å². The van der Waals surface area contributed by atoms with Crippen LogP contribution in [0.25, 0.3) is 0 Å². The molecule has 2 nitrogen and oxygen atoms in total. The van der Waals surface area contributed by atoms with E-state index in [1.807, 2.05) is 6.92 Å². The molecule has 2 heteroatoms. The van der Waals surface area contributed by atoms with Crippen LogP contribution < -0.4 is 0 Å². The monoisotopic (exact) mass is 238 g/mol. The molecule has 0 aromatic carbocycles. The smallest absolute Gasteiger partial charge is 0.0770 e. The highest BCUT2D eigenvalue weighted by atomic mass is 16.3. The summed E-state index contributed by atoms with van der Waals surface area (Å²) in [6, 6.07) is 0. The van der Waals surface area contributed by atoms with Crippen LogP contribution in [0.1, 0.15) is 52.9 Å². The molecule has 2 N–H and O–H groups in total. The molecule has 0 aromatic heterocycles. The molecule has 0 aliphatic heterocycles. The molecule has 2 rings (SSSR count). The molecule has 0 unspecified atom stereocenters. The maximum atomic E-state index is 11.1. The molecule has 2 saturated carbocycles. The lowest BCUT2D eigenvalue weighted by Gasteiger charge is -2.56. The Kier molecular flexibility index (Phi) is 3.16. The van der Waals surface area contributed by atoms with Crippen molar-refractivity contribution in [2.24, 2.45) is 17.8 Å². The second kappa shape index (κ2) is 4.10. The summed E-state index contributed by atoms with van der Waals surface area (Å²) in [5.74, 6) is 0.774. The molecule has 4 atom stereocenters. The Bertz CT molecular complexity index is 319. The summed E-state index contributed by atoms with van der Waals surface area (Å²) < 4.78 is 0. The molecule has 0 heterocycles. The second-order valence-corrected chi connectivity index (χ2v) is 6.76. The van der Waals surface area contributed by atoms with Gasteiger partial charge in [-0.3, -0.25) is 0 Å². The van der Waals surface area contributed by atoms with Crippen LogP contribution in [0.4, 0.5) is 0 Å². The van der Waals surface area contributed by atoms with Gasteiger partial charge in [-0.2, -0.15) is 0 Å². The zero-order valence-corrected chi connectivity index (χ0v) is 11.4. The highest BCUT2D eigenvalue weighted by molar-refractivity contribution is 5.16. The number of hydrogen-bond donors (Lipinski definition) is 2. The largest absolute Gasteiger partial charge is 0.390 e. The summed E-state index contributed by atoms with van der Waals surface area (Å²) >= 11 is 0. The van der Waals surface area contributed by atoms with Gasteiger partial charge in [0.15, 0.2) is 0 Å². The topological polar surface area (TPSA) is 40.5 Å². The van der Waals surface area contributed by atoms with E-state index in [-0.39, 0.29) is 5.92 Å². The van der Waals surface area contributed by atoms with Gasteiger partial charge in [0.2, 0.25) is 0 Å². The van der Waals surface area contributed by atoms with Gasteiger partial charge in [0.25, 0.3) is 0 Å². The number of rotatable bonds is 1. The molecule has 0 amide bonds. The highest BCUT2D eigenvalue weighted by Crippen LogP contribution is 2.54. The molecule has 2 aliphatic carbocycles. The maximum absolute atomic E-state index is 11.1. The minimum Gasteiger partial charge on any atom is -0.390 e. The fraction of sp³-hybridized carbons (Fsp3) is 0.867. The van der Waals surface area contributed by atoms with Gasteiger partial charge in [-0.05, 0) is 50.9 Å². The van der Waals surface area contributed by atoms with Crippen molar-refractivity contribution in [3.05, 3.63) is 12.2 Å². The van der Waals surface area contributed by atoms with E-state index in [1.54, 1.807) is 0 Å². The van der Waals surface area contributed by atoms with Crippen LogP contribution in [0.2, 0.25) is 0 Å². The van der Waals surface area contributed by atoms with Gasteiger partial charge >= 0.3 is 0 Å². The number of hydrogen-bond acceptors (Lipinski definition) is 2. The first-order valence-corrected chi connectivity index (χ1v) is 6.89. The quantitative estimate of drug-likeness (QED) is 0.690. The first kappa shape index (κ1) is 13.1. The van der Waals surface area contributed by atoms with Crippen molar-refractivity contribution in [1.29, 1.82) is 0 Å². The first-order chi connectivity index (χ1) is 7.77. The standard InChI is InChI=1S/C15H26O2/c1-10(2)12-7-8-14(4,16)13-6-5-11(3)9-15(12,13)17/h10,12-13,16-17H,3,5-9H2,1-2,4H3/t12-,13-,14+,15+/m1/s1. The molecular weight excluding hydrogens is 212 g/mol. The van der Waals surface area contributed by atoms with Gasteiger partial charge in [-0.15, -0.1) is 0 Å². The van der Waals surface area contributed by atoms with Crippen molar-refractivity contribution < 1.29 is 10.2 Å². The van der Waals surface area contributed by atoms with E-state index in [0.717, 1.165) is 31.3 Å². The van der Waals surface area contributed by atoms with E-state index in [1.165, 1.54) is 0 Å². The van der Waals surface area contributed by atoms with Crippen LogP contribution in [0, 0.1) is 17.8 Å². The Morgan fingerprint density at radius 1 is 1.29 bits per heavy atom. The third-order valence-electron chi connectivity index (χ3n) is 5.08. The van der Waals surface area contributed by atoms with Crippen molar-refractivity contribution in [3.63, 3.8) is 0 Å². The summed E-state index contributed by atoms with van der Waals surface area (Å²) in [7, 11) is 0. The zero-order chi connectivity index (χ0) is 12.8. The SMILES string of the molecule is C=C1CC[C@H]2[C@](O)(C1)[C@@H](C(C)C)CC[C@]2(C)O. The van der Waals surface area contributed by atoms with E-state index in [0.29, 0.717) is 18.3 Å². The molecule has 0 radical (unpaired) electrons. The summed E-state index contributed by atoms with van der Waals surface area (Å²) in [4.78, 5) is 0. The lowest BCUT2D eigenvalue weighted by molar-refractivity contribution is -0.197. The average Bonchev–Trinajstić information content (AvgIpc) is 2.14. The van der Waals surface area contributed by atoms with Crippen molar-refractivity contribution in [2.75, 3.05) is 0 Å². The molecule has 2 aliphatic rings. The summed E-state index contributed by atoms with van der Waals surface area (Å²) in [5.41, 5.74) is -0.293. The predicted molar refractivity (Wildman–Crippen MR) is 69.6 cm³/mol. The van der Waals surface area contributed by atoms with E-state index < -0.39 is 11.2 Å². The molecule has 0 bridgehead atoms. The summed E-state index contributed by atoms with van der Waals surface area (Å²) in [5, 5.41) is 21.6. The zero-order valence-electron chi connectivity index (χ0n) is 11.4. The summed E-state index contributed by atoms with van der Waals surface area (Å²) in [6.07, 6.45) is 4.25. The summed E-state index contributed by atoms with van der Waals surface area (Å²) in [6.45, 7) is 10.3. The third kappa shape index (κ3) is 2.06. The van der Waals surface area contributed by atoms with Gasteiger partial charge < -0.3 is 10.2 Å². The second-order valence-electron chi connectivity index (χ2n) is 6.76. The van der Waals surface area contributed by atoms with Crippen molar-refractivity contribution in [2.45, 2.75) is 64.1 Å². The molecule has 0 aromatic rings. The van der Waals surface area contributed by atoms with Crippen LogP contribution >= 0.6 is 0 Å². The van der Waals surface area contributed by atoms with Crippen LogP contribution in [-0.4, -0.2) is 21.4 Å². The third-order valence-corrected chi connectivity index (χ3v) is 5.08. The Balaban J connectivity index is 2.35. The fourth-order valence-electron chi connectivity index (χ4n) is 4.23. The molecule has 0 saturated heterocycles. The van der Waals surface area contributed by atoms with Crippen LogP contribution in [0.3, 0.4) is 0 Å². The number of fused-ring (bicyclic) bond motifs is 1. The predicted octanol–water partition coefficient (Wildman–Crippen LogP) is 2.89. The fourth-order valence-corrected chi connectivity index (χ4v) is 4.23. The van der Waals surface area contributed by atoms with Gasteiger partial charge in [0.1, 0.15) is 0 Å². The number of aliphatic hydroxyl groups is 2. The molecule has 17 heavy (non-hydrogen) atoms. The lowest BCUT2D eigenvalue weighted by atomic mass is 9.54. The van der Waals surface area contributed by atoms with Crippen molar-refractivity contribution >= 4 is 0 Å². The molecule has 2 fully saturated rings. The van der Waals surface area contributed by atoms with E-state index in [9.17, 15) is 10.2 Å². The van der Waals surface area contributed by atoms with E-state index >= 15 is 0 Å². The van der Waals surface area contributed by atoms with E-state index in [2.05, 4.69) is 20.4 Å². The molecular formula is C15H26O2. The Morgan fingerprint density at radius 3 is 2.53 bits per heavy atom. The van der Waals surface area contributed by atoms with Crippen LogP contribution in [0.15, 0.2) is 12.2 Å². The minimum absolute atomic E-state index is 0.0154. The van der Waals surface area contributed by atoms with Crippen molar-refractivity contribution in [1.82, 2.24) is 0 Å². The van der Waals surface area contributed by atoms with Crippen LogP contribution in [-0.2, 0) is 0 Å². The van der Waals surface area contributed by atoms with Gasteiger partial charge in [-0.25, -0.2) is 0 Å². The molecule has 98 valence electrons. The highest BCUT2D eigenvalue weighted by Gasteiger charge is 2.56. The molecule has 0 spiro atoms. The van der Waals surface area contributed by atoms with Crippen molar-refractivity contribution in [3.8, 4) is 0 Å². The minimum atomic E-state index is -0.731. The Labute approximate surface area is 105 Å². The van der Waals surface area contributed by atoms with Gasteiger partial charge in [0, 0.05) is 5.92 Å². The Morgan fingerprint density at radius 2 is 1.94 bits per heavy atom. The lowest BCUT2D eigenvalue weighted by Crippen LogP contribution is -2.61.